The number of hydrogen-bond donors (Lipinski definition) is 0. The summed E-state index contributed by atoms with van der Waals surface area (Å²) in [6, 6.07) is 0. The van der Waals surface area contributed by atoms with Crippen LogP contribution in [0.1, 0.15) is 13.3 Å². The third-order valence-electron chi connectivity index (χ3n) is 2.09. The molecule has 0 atom stereocenters. The van der Waals surface area contributed by atoms with Gasteiger partial charge < -0.3 is 12.9 Å². The van der Waals surface area contributed by atoms with Gasteiger partial charge in [0.05, 0.1) is 13.6 Å². The van der Waals surface area contributed by atoms with Crippen LogP contribution in [0.3, 0.4) is 0 Å². The van der Waals surface area contributed by atoms with Crippen LogP contribution in [-0.2, 0) is 13.6 Å². The van der Waals surface area contributed by atoms with Gasteiger partial charge >= 0.3 is 19.0 Å². The van der Waals surface area contributed by atoms with Gasteiger partial charge in [0, 0.05) is 0 Å². The lowest BCUT2D eigenvalue weighted by molar-refractivity contribution is -0.671. The molecule has 0 amide bonds. The molecule has 118 valence electrons. The molecule has 2 nitrogen and oxygen atoms in total. The fraction of sp³-hybridized carbons (Fsp3) is 0.667. The Hall–Kier alpha value is -1.29. The van der Waals surface area contributed by atoms with Crippen LogP contribution in [0.5, 0.6) is 0 Å². The first-order chi connectivity index (χ1) is 8.83. The second-order valence-electron chi connectivity index (χ2n) is 4.01. The van der Waals surface area contributed by atoms with E-state index in [2.05, 4.69) is 34.8 Å². The van der Waals surface area contributed by atoms with E-state index in [1.807, 2.05) is 7.05 Å². The second-order valence-corrected chi connectivity index (χ2v) is 4.01. The molecule has 0 saturated heterocycles. The molecule has 0 N–H and O–H groups in total. The van der Waals surface area contributed by atoms with Crippen molar-refractivity contribution in [1.82, 2.24) is 4.57 Å². The Balaban J connectivity index is 0.000000367. The fourth-order valence-electron chi connectivity index (χ4n) is 1.08. The molecule has 11 heteroatoms. The monoisotopic (exact) mass is 312 g/mol. The summed E-state index contributed by atoms with van der Waals surface area (Å²) >= 11 is 0. The molecular weight excluding hydrogens is 299 g/mol. The van der Waals surface area contributed by atoms with Gasteiger partial charge in [0.2, 0.25) is 6.33 Å². The Morgan fingerprint density at radius 1 is 1.10 bits per heavy atom. The number of alkyl halides is 5. The van der Waals surface area contributed by atoms with Crippen molar-refractivity contribution in [2.75, 3.05) is 0 Å². The first-order valence-electron chi connectivity index (χ1n) is 5.47. The molecule has 0 unspecified atom stereocenters. The molecular formula is C9H13BF8N2. The van der Waals surface area contributed by atoms with Crippen LogP contribution in [0.2, 0.25) is 0 Å². The maximum atomic E-state index is 11.2. The van der Waals surface area contributed by atoms with Crippen LogP contribution >= 0.6 is 0 Å². The SMILES string of the molecule is CCCn1cc[n+](C)c1.F[B-](F)(F)C(F)(F)C(F)(F)F. The first kappa shape index (κ1) is 18.7. The molecule has 20 heavy (non-hydrogen) atoms. The highest BCUT2D eigenvalue weighted by molar-refractivity contribution is 6.61. The minimum Gasteiger partial charge on any atom is -0.445 e. The predicted molar refractivity (Wildman–Crippen MR) is 56.0 cm³/mol. The third-order valence-corrected chi connectivity index (χ3v) is 2.09. The van der Waals surface area contributed by atoms with Gasteiger partial charge in [-0.15, -0.1) is 0 Å². The third kappa shape index (κ3) is 5.01. The number of hydrogen-bond acceptors (Lipinski definition) is 0. The van der Waals surface area contributed by atoms with Gasteiger partial charge in [0.25, 0.3) is 0 Å². The highest BCUT2D eigenvalue weighted by Gasteiger charge is 2.69. The van der Waals surface area contributed by atoms with Crippen molar-refractivity contribution in [3.05, 3.63) is 18.7 Å². The molecule has 0 bridgehead atoms. The van der Waals surface area contributed by atoms with Gasteiger partial charge in [-0.05, 0) is 6.42 Å². The summed E-state index contributed by atoms with van der Waals surface area (Å²) in [5, 5.41) is 0. The Morgan fingerprint density at radius 2 is 1.60 bits per heavy atom. The van der Waals surface area contributed by atoms with Crippen LogP contribution in [-0.4, -0.2) is 23.5 Å². The second kappa shape index (κ2) is 6.44. The Morgan fingerprint density at radius 3 is 1.80 bits per heavy atom. The molecule has 0 radical (unpaired) electrons. The maximum Gasteiger partial charge on any atom is 0.558 e. The largest absolute Gasteiger partial charge is 0.558 e. The lowest BCUT2D eigenvalue weighted by atomic mass is 9.80. The van der Waals surface area contributed by atoms with E-state index in [4.69, 9.17) is 0 Å². The average molecular weight is 312 g/mol. The van der Waals surface area contributed by atoms with Crippen molar-refractivity contribution in [3.8, 4) is 0 Å². The summed E-state index contributed by atoms with van der Waals surface area (Å²) in [6.07, 6.45) is 0.878. The summed E-state index contributed by atoms with van der Waals surface area (Å²) in [6.45, 7) is -3.90. The normalized spacial score (nSPS) is 12.9. The minimum atomic E-state index is -7.21. The van der Waals surface area contributed by atoms with Crippen molar-refractivity contribution in [2.45, 2.75) is 31.9 Å². The van der Waals surface area contributed by atoms with E-state index in [-0.39, 0.29) is 0 Å². The van der Waals surface area contributed by atoms with Crippen molar-refractivity contribution >= 4 is 6.98 Å². The lowest BCUT2D eigenvalue weighted by Crippen LogP contribution is -2.53. The first-order valence-corrected chi connectivity index (χ1v) is 5.47. The zero-order valence-electron chi connectivity index (χ0n) is 10.6. The summed E-state index contributed by atoms with van der Waals surface area (Å²) in [4.78, 5) is 0. The minimum absolute atomic E-state index is 1.13. The topological polar surface area (TPSA) is 8.81 Å². The Kier molecular flexibility index (Phi) is 6.03. The van der Waals surface area contributed by atoms with Crippen molar-refractivity contribution < 1.29 is 39.5 Å². The molecule has 0 aliphatic carbocycles. The van der Waals surface area contributed by atoms with Crippen molar-refractivity contribution in [3.63, 3.8) is 0 Å². The molecule has 1 aromatic heterocycles. The number of aryl methyl sites for hydroxylation is 2. The average Bonchev–Trinajstić information content (AvgIpc) is 2.62. The molecule has 1 aromatic rings. The molecule has 0 aromatic carbocycles. The van der Waals surface area contributed by atoms with Gasteiger partial charge in [-0.2, -0.15) is 13.2 Å². The molecule has 0 spiro atoms. The van der Waals surface area contributed by atoms with Crippen LogP contribution in [0.25, 0.3) is 0 Å². The predicted octanol–water partition coefficient (Wildman–Crippen LogP) is 3.29. The van der Waals surface area contributed by atoms with E-state index in [9.17, 15) is 34.9 Å². The zero-order valence-corrected chi connectivity index (χ0v) is 10.6. The summed E-state index contributed by atoms with van der Waals surface area (Å²) in [5.74, 6) is -6.56. The van der Waals surface area contributed by atoms with E-state index in [1.165, 1.54) is 6.42 Å². The Bertz CT molecular complexity index is 393. The van der Waals surface area contributed by atoms with E-state index in [1.54, 1.807) is 0 Å². The highest BCUT2D eigenvalue weighted by Crippen LogP contribution is 2.43. The van der Waals surface area contributed by atoms with Crippen molar-refractivity contribution in [1.29, 1.82) is 0 Å². The Labute approximate surface area is 110 Å². The van der Waals surface area contributed by atoms with Gasteiger partial charge in [0.15, 0.2) is 0 Å². The van der Waals surface area contributed by atoms with Crippen LogP contribution in [0.4, 0.5) is 34.9 Å². The van der Waals surface area contributed by atoms with Gasteiger partial charge in [-0.3, -0.25) is 0 Å². The standard InChI is InChI=1S/C7H13N2.C2BF8/c1-3-4-9-6-5-8(2)7-9;4-1(5,2(6,7)8)3(9,10)11/h5-7H,3-4H2,1-2H3;/q+1;-1. The lowest BCUT2D eigenvalue weighted by Gasteiger charge is -2.28. The number of nitrogens with zero attached hydrogens (tertiary/aromatic N) is 2. The van der Waals surface area contributed by atoms with Crippen LogP contribution in [0.15, 0.2) is 18.7 Å². The highest BCUT2D eigenvalue weighted by atomic mass is 19.4. The molecule has 1 heterocycles. The van der Waals surface area contributed by atoms with Gasteiger partial charge in [-0.1, -0.05) is 6.92 Å². The van der Waals surface area contributed by atoms with E-state index >= 15 is 0 Å². The molecule has 0 aliphatic rings. The maximum absolute atomic E-state index is 11.2. The number of halogens is 8. The zero-order chi connectivity index (χ0) is 16.2. The van der Waals surface area contributed by atoms with Crippen LogP contribution in [0, 0.1) is 0 Å². The van der Waals surface area contributed by atoms with Crippen LogP contribution < -0.4 is 4.57 Å². The van der Waals surface area contributed by atoms with Gasteiger partial charge in [0.1, 0.15) is 12.4 Å². The molecule has 0 aliphatic heterocycles. The summed E-state index contributed by atoms with van der Waals surface area (Å²) in [7, 11) is 2.03. The molecule has 0 saturated carbocycles. The van der Waals surface area contributed by atoms with Crippen molar-refractivity contribution in [2.24, 2.45) is 7.05 Å². The quantitative estimate of drug-likeness (QED) is 0.460. The fourth-order valence-corrected chi connectivity index (χ4v) is 1.08. The number of aromatic nitrogens is 2. The van der Waals surface area contributed by atoms with E-state index < -0.39 is 19.0 Å². The molecule has 0 fully saturated rings. The van der Waals surface area contributed by atoms with E-state index in [0.717, 1.165) is 6.54 Å². The number of imidazole rings is 1. The van der Waals surface area contributed by atoms with E-state index in [0.29, 0.717) is 0 Å². The number of rotatable bonds is 3. The smallest absolute Gasteiger partial charge is 0.445 e. The van der Waals surface area contributed by atoms with Gasteiger partial charge in [-0.25, -0.2) is 17.9 Å². The summed E-state index contributed by atoms with van der Waals surface area (Å²) in [5.41, 5.74) is 0. The molecule has 1 rings (SSSR count). The summed E-state index contributed by atoms with van der Waals surface area (Å²) < 4.78 is 92.1.